The summed E-state index contributed by atoms with van der Waals surface area (Å²) in [7, 11) is -7.11. The highest BCUT2D eigenvalue weighted by molar-refractivity contribution is 7.92. The molecular formula is C19H23ClN2O4S2. The molecule has 9 heteroatoms. The molecule has 6 nitrogen and oxygen atoms in total. The molecule has 1 N–H and O–H groups in total. The van der Waals surface area contributed by atoms with Crippen molar-refractivity contribution in [3.63, 3.8) is 0 Å². The van der Waals surface area contributed by atoms with E-state index in [9.17, 15) is 16.8 Å². The highest BCUT2D eigenvalue weighted by atomic mass is 35.5. The maximum Gasteiger partial charge on any atom is 0.262 e. The fraction of sp³-hybridized carbons (Fsp3) is 0.368. The molecule has 28 heavy (non-hydrogen) atoms. The minimum absolute atomic E-state index is 0.114. The van der Waals surface area contributed by atoms with Gasteiger partial charge in [-0.3, -0.25) is 4.72 Å². The summed E-state index contributed by atoms with van der Waals surface area (Å²) < 4.78 is 54.3. The standard InChI is InChI=1S/C19H23ClN2O4S2/c1-3-11-27(23,24)22-10-9-15-7-8-17(12-16(15)13-22)21-28(25,26)19-6-4-5-18(20)14(19)2/h4-8,12,21H,3,9-11,13H2,1-2H3. The fourth-order valence-corrected chi connectivity index (χ4v) is 6.34. The number of halogens is 1. The van der Waals surface area contributed by atoms with E-state index in [1.807, 2.05) is 13.0 Å². The molecule has 152 valence electrons. The molecule has 2 aromatic carbocycles. The molecule has 0 aliphatic carbocycles. The van der Waals surface area contributed by atoms with Crippen molar-refractivity contribution in [2.45, 2.75) is 38.1 Å². The molecule has 1 aliphatic rings. The van der Waals surface area contributed by atoms with Crippen molar-refractivity contribution in [1.29, 1.82) is 0 Å². The van der Waals surface area contributed by atoms with E-state index in [1.54, 1.807) is 31.2 Å². The minimum atomic E-state index is -3.81. The Morgan fingerprint density at radius 3 is 2.57 bits per heavy atom. The van der Waals surface area contributed by atoms with Crippen LogP contribution in [0.15, 0.2) is 41.3 Å². The Morgan fingerprint density at radius 2 is 1.86 bits per heavy atom. The van der Waals surface area contributed by atoms with E-state index in [2.05, 4.69) is 4.72 Å². The van der Waals surface area contributed by atoms with Crippen LogP contribution in [0.3, 0.4) is 0 Å². The van der Waals surface area contributed by atoms with Crippen molar-refractivity contribution in [2.24, 2.45) is 0 Å². The molecule has 0 spiro atoms. The monoisotopic (exact) mass is 442 g/mol. The van der Waals surface area contributed by atoms with Gasteiger partial charge in [-0.05, 0) is 60.7 Å². The van der Waals surface area contributed by atoms with Crippen molar-refractivity contribution >= 4 is 37.3 Å². The lowest BCUT2D eigenvalue weighted by molar-refractivity contribution is 0.391. The van der Waals surface area contributed by atoms with Gasteiger partial charge in [-0.1, -0.05) is 30.7 Å². The van der Waals surface area contributed by atoms with E-state index < -0.39 is 20.0 Å². The van der Waals surface area contributed by atoms with Gasteiger partial charge in [0.2, 0.25) is 10.0 Å². The van der Waals surface area contributed by atoms with E-state index in [-0.39, 0.29) is 17.2 Å². The quantitative estimate of drug-likeness (QED) is 0.741. The number of anilines is 1. The third-order valence-corrected chi connectivity index (χ3v) is 8.76. The molecule has 1 heterocycles. The summed E-state index contributed by atoms with van der Waals surface area (Å²) in [4.78, 5) is 0.116. The molecule has 0 saturated heterocycles. The number of hydrogen-bond acceptors (Lipinski definition) is 4. The van der Waals surface area contributed by atoms with Crippen LogP contribution in [-0.4, -0.2) is 33.4 Å². The summed E-state index contributed by atoms with van der Waals surface area (Å²) >= 11 is 6.05. The lowest BCUT2D eigenvalue weighted by Gasteiger charge is -2.28. The zero-order chi connectivity index (χ0) is 20.5. The van der Waals surface area contributed by atoms with E-state index in [0.29, 0.717) is 35.7 Å². The molecule has 0 atom stereocenters. The SMILES string of the molecule is CCCS(=O)(=O)N1CCc2ccc(NS(=O)(=O)c3cccc(Cl)c3C)cc2C1. The molecule has 0 bridgehead atoms. The molecule has 0 amide bonds. The van der Waals surface area contributed by atoms with Crippen LogP contribution in [0.25, 0.3) is 0 Å². The predicted molar refractivity (Wildman–Crippen MR) is 112 cm³/mol. The maximum atomic E-state index is 12.8. The van der Waals surface area contributed by atoms with Crippen molar-refractivity contribution in [3.05, 3.63) is 58.1 Å². The number of sulfonamides is 2. The van der Waals surface area contributed by atoms with Crippen LogP contribution in [0.5, 0.6) is 0 Å². The summed E-state index contributed by atoms with van der Waals surface area (Å²) in [5, 5.41) is 0.380. The second-order valence-corrected chi connectivity index (χ2v) is 11.0. The average Bonchev–Trinajstić information content (AvgIpc) is 2.63. The molecule has 3 rings (SSSR count). The van der Waals surface area contributed by atoms with Crippen molar-refractivity contribution < 1.29 is 16.8 Å². The van der Waals surface area contributed by atoms with Gasteiger partial charge in [0.1, 0.15) is 0 Å². The summed E-state index contributed by atoms with van der Waals surface area (Å²) in [5.41, 5.74) is 2.72. The first-order valence-corrected chi connectivity index (χ1v) is 12.5. The Hall–Kier alpha value is -1.61. The highest BCUT2D eigenvalue weighted by Crippen LogP contribution is 2.28. The van der Waals surface area contributed by atoms with Gasteiger partial charge in [0, 0.05) is 23.8 Å². The zero-order valence-electron chi connectivity index (χ0n) is 15.8. The molecule has 2 aromatic rings. The van der Waals surface area contributed by atoms with Crippen molar-refractivity contribution in [3.8, 4) is 0 Å². The molecule has 0 radical (unpaired) electrons. The third kappa shape index (κ3) is 4.35. The van der Waals surface area contributed by atoms with Crippen molar-refractivity contribution in [2.75, 3.05) is 17.0 Å². The van der Waals surface area contributed by atoms with Crippen LogP contribution in [0, 0.1) is 6.92 Å². The molecular weight excluding hydrogens is 420 g/mol. The fourth-order valence-electron chi connectivity index (χ4n) is 3.31. The summed E-state index contributed by atoms with van der Waals surface area (Å²) in [5.74, 6) is 0.114. The Balaban J connectivity index is 1.87. The highest BCUT2D eigenvalue weighted by Gasteiger charge is 2.26. The first kappa shape index (κ1) is 21.1. The lowest BCUT2D eigenvalue weighted by Crippen LogP contribution is -2.37. The van der Waals surface area contributed by atoms with Crippen LogP contribution >= 0.6 is 11.6 Å². The number of nitrogens with one attached hydrogen (secondary N) is 1. The molecule has 0 saturated carbocycles. The van der Waals surface area contributed by atoms with Gasteiger partial charge in [-0.2, -0.15) is 4.31 Å². The summed E-state index contributed by atoms with van der Waals surface area (Å²) in [6.45, 7) is 4.19. The van der Waals surface area contributed by atoms with Crippen LogP contribution < -0.4 is 4.72 Å². The predicted octanol–water partition coefficient (Wildman–Crippen LogP) is 3.55. The number of nitrogens with zero attached hydrogens (tertiary/aromatic N) is 1. The Labute approximate surface area is 171 Å². The average molecular weight is 443 g/mol. The van der Waals surface area contributed by atoms with Gasteiger partial charge in [0.05, 0.1) is 10.6 Å². The second-order valence-electron chi connectivity index (χ2n) is 6.85. The Kier molecular flexibility index (Phi) is 6.05. The number of rotatable bonds is 6. The number of hydrogen-bond donors (Lipinski definition) is 1. The van der Waals surface area contributed by atoms with Gasteiger partial charge >= 0.3 is 0 Å². The topological polar surface area (TPSA) is 83.6 Å². The van der Waals surface area contributed by atoms with Gasteiger partial charge in [-0.25, -0.2) is 16.8 Å². The first-order chi connectivity index (χ1) is 13.1. The first-order valence-electron chi connectivity index (χ1n) is 9.01. The van der Waals surface area contributed by atoms with Gasteiger partial charge < -0.3 is 0 Å². The summed E-state index contributed by atoms with van der Waals surface area (Å²) in [6.07, 6.45) is 1.17. The lowest BCUT2D eigenvalue weighted by atomic mass is 10.0. The van der Waals surface area contributed by atoms with Crippen molar-refractivity contribution in [1.82, 2.24) is 4.31 Å². The van der Waals surface area contributed by atoms with Crippen LogP contribution in [-0.2, 0) is 33.0 Å². The molecule has 0 unspecified atom stereocenters. The largest absolute Gasteiger partial charge is 0.280 e. The van der Waals surface area contributed by atoms with E-state index in [0.717, 1.165) is 11.1 Å². The second kappa shape index (κ2) is 8.02. The Morgan fingerprint density at radius 1 is 1.11 bits per heavy atom. The number of benzene rings is 2. The Bertz CT molecular complexity index is 1100. The zero-order valence-corrected chi connectivity index (χ0v) is 18.2. The normalized spacial score (nSPS) is 15.2. The molecule has 1 aliphatic heterocycles. The van der Waals surface area contributed by atoms with E-state index >= 15 is 0 Å². The van der Waals surface area contributed by atoms with Gasteiger partial charge in [0.25, 0.3) is 10.0 Å². The van der Waals surface area contributed by atoms with Gasteiger partial charge in [-0.15, -0.1) is 0 Å². The minimum Gasteiger partial charge on any atom is -0.280 e. The van der Waals surface area contributed by atoms with Gasteiger partial charge in [0.15, 0.2) is 0 Å². The molecule has 0 aromatic heterocycles. The van der Waals surface area contributed by atoms with Crippen LogP contribution in [0.2, 0.25) is 5.02 Å². The van der Waals surface area contributed by atoms with Crippen LogP contribution in [0.1, 0.15) is 30.0 Å². The third-order valence-electron chi connectivity index (χ3n) is 4.80. The molecule has 0 fully saturated rings. The number of fused-ring (bicyclic) bond motifs is 1. The van der Waals surface area contributed by atoms with Crippen LogP contribution in [0.4, 0.5) is 5.69 Å². The van der Waals surface area contributed by atoms with E-state index in [4.69, 9.17) is 11.6 Å². The van der Waals surface area contributed by atoms with E-state index in [1.165, 1.54) is 10.4 Å². The summed E-state index contributed by atoms with van der Waals surface area (Å²) in [6, 6.07) is 9.99. The smallest absolute Gasteiger partial charge is 0.262 e. The maximum absolute atomic E-state index is 12.8.